The summed E-state index contributed by atoms with van der Waals surface area (Å²) in [6.45, 7) is 3.68. The topological polar surface area (TPSA) is 29.9 Å². The number of hydrogen-bond donors (Lipinski definition) is 1. The Balaban J connectivity index is 2.16. The lowest BCUT2D eigenvalue weighted by molar-refractivity contribution is 0.540. The smallest absolute Gasteiger partial charge is 0.0658 e. The third-order valence-corrected chi connectivity index (χ3v) is 1.60. The Hall–Kier alpha value is -1.27. The van der Waals surface area contributed by atoms with Gasteiger partial charge in [0.2, 0.25) is 0 Å². The second-order valence-electron chi connectivity index (χ2n) is 2.61. The van der Waals surface area contributed by atoms with Crippen LogP contribution in [0.25, 0.3) is 0 Å². The quantitative estimate of drug-likeness (QED) is 0.655. The maximum absolute atomic E-state index is 5.20. The van der Waals surface area contributed by atoms with Crippen LogP contribution in [0.3, 0.4) is 0 Å². The molecule has 3 nitrogen and oxygen atoms in total. The number of nitrogens with zero attached hydrogens (tertiary/aromatic N) is 2. The number of hydrogen-bond acceptors (Lipinski definition) is 2. The first-order valence-electron chi connectivity index (χ1n) is 4.00. The van der Waals surface area contributed by atoms with Gasteiger partial charge in [-0.3, -0.25) is 4.68 Å². The Morgan fingerprint density at radius 3 is 3.17 bits per heavy atom. The summed E-state index contributed by atoms with van der Waals surface area (Å²) in [6.07, 6.45) is 8.90. The molecule has 0 saturated carbocycles. The fraction of sp³-hybridized carbons (Fsp3) is 0.444. The highest BCUT2D eigenvalue weighted by Crippen LogP contribution is 1.83. The van der Waals surface area contributed by atoms with Crippen LogP contribution in [0, 0.1) is 12.3 Å². The van der Waals surface area contributed by atoms with Crippen LogP contribution in [0.2, 0.25) is 0 Å². The monoisotopic (exact) mass is 163 g/mol. The van der Waals surface area contributed by atoms with Crippen LogP contribution in [0.5, 0.6) is 0 Å². The van der Waals surface area contributed by atoms with Gasteiger partial charge < -0.3 is 5.32 Å². The lowest BCUT2D eigenvalue weighted by Gasteiger charge is -2.06. The molecule has 0 spiro atoms. The molecular weight excluding hydrogens is 150 g/mol. The van der Waals surface area contributed by atoms with Gasteiger partial charge in [0.25, 0.3) is 0 Å². The highest BCUT2D eigenvalue weighted by molar-refractivity contribution is 4.95. The van der Waals surface area contributed by atoms with Crippen molar-refractivity contribution in [3.05, 3.63) is 18.5 Å². The molecule has 3 heteroatoms. The van der Waals surface area contributed by atoms with Crippen LogP contribution in [0.1, 0.15) is 6.92 Å². The van der Waals surface area contributed by atoms with E-state index in [2.05, 4.69) is 16.3 Å². The van der Waals surface area contributed by atoms with Gasteiger partial charge in [0.1, 0.15) is 0 Å². The van der Waals surface area contributed by atoms with Crippen LogP contribution in [-0.4, -0.2) is 22.4 Å². The molecule has 1 aromatic rings. The molecule has 12 heavy (non-hydrogen) atoms. The Morgan fingerprint density at radius 2 is 2.58 bits per heavy atom. The van der Waals surface area contributed by atoms with Crippen LogP contribution < -0.4 is 5.32 Å². The van der Waals surface area contributed by atoms with Crippen LogP contribution in [0.15, 0.2) is 18.5 Å². The minimum atomic E-state index is 0.139. The second-order valence-corrected chi connectivity index (χ2v) is 2.61. The van der Waals surface area contributed by atoms with Crippen molar-refractivity contribution in [2.45, 2.75) is 19.5 Å². The van der Waals surface area contributed by atoms with Crippen molar-refractivity contribution in [3.63, 3.8) is 0 Å². The van der Waals surface area contributed by atoms with Crippen molar-refractivity contribution >= 4 is 0 Å². The fourth-order valence-electron chi connectivity index (χ4n) is 0.887. The molecule has 0 aromatic carbocycles. The van der Waals surface area contributed by atoms with Crippen LogP contribution in [0.4, 0.5) is 0 Å². The van der Waals surface area contributed by atoms with Gasteiger partial charge in [-0.1, -0.05) is 5.92 Å². The van der Waals surface area contributed by atoms with Gasteiger partial charge in [0.15, 0.2) is 0 Å². The molecule has 0 aliphatic rings. The van der Waals surface area contributed by atoms with Crippen LogP contribution in [-0.2, 0) is 6.54 Å². The molecular formula is C9H13N3. The highest BCUT2D eigenvalue weighted by Gasteiger charge is 1.94. The van der Waals surface area contributed by atoms with Gasteiger partial charge >= 0.3 is 0 Å². The van der Waals surface area contributed by atoms with Gasteiger partial charge in [-0.15, -0.1) is 6.42 Å². The number of nitrogens with one attached hydrogen (secondary N) is 1. The molecule has 1 unspecified atom stereocenters. The average Bonchev–Trinajstić information content (AvgIpc) is 2.57. The summed E-state index contributed by atoms with van der Waals surface area (Å²) in [5, 5.41) is 7.24. The minimum Gasteiger partial charge on any atom is -0.302 e. The van der Waals surface area contributed by atoms with Crippen molar-refractivity contribution in [2.75, 3.05) is 6.54 Å². The third-order valence-electron chi connectivity index (χ3n) is 1.60. The first-order valence-corrected chi connectivity index (χ1v) is 4.00. The Labute approximate surface area is 72.8 Å². The van der Waals surface area contributed by atoms with Crippen molar-refractivity contribution in [2.24, 2.45) is 0 Å². The van der Waals surface area contributed by atoms with Crippen molar-refractivity contribution < 1.29 is 0 Å². The molecule has 1 rings (SSSR count). The van der Waals surface area contributed by atoms with E-state index in [0.29, 0.717) is 0 Å². The molecule has 64 valence electrons. The Bertz CT molecular complexity index is 245. The van der Waals surface area contributed by atoms with E-state index in [4.69, 9.17) is 6.42 Å². The predicted molar refractivity (Wildman–Crippen MR) is 48.5 cm³/mol. The molecule has 1 heterocycles. The standard InChI is InChI=1S/C9H13N3/c1-3-9(2)10-6-8-12-7-4-5-11-12/h1,4-5,7,9-10H,6,8H2,2H3. The Kier molecular flexibility index (Phi) is 3.36. The normalized spacial score (nSPS) is 12.3. The van der Waals surface area contributed by atoms with E-state index in [9.17, 15) is 0 Å². The minimum absolute atomic E-state index is 0.139. The van der Waals surface area contributed by atoms with E-state index in [1.54, 1.807) is 6.20 Å². The predicted octanol–water partition coefficient (Wildman–Crippen LogP) is 0.494. The summed E-state index contributed by atoms with van der Waals surface area (Å²) in [4.78, 5) is 0. The highest BCUT2D eigenvalue weighted by atomic mass is 15.3. The largest absolute Gasteiger partial charge is 0.302 e. The number of aromatic nitrogens is 2. The van der Waals surface area contributed by atoms with Gasteiger partial charge in [-0.2, -0.15) is 5.10 Å². The molecule has 1 atom stereocenters. The summed E-state index contributed by atoms with van der Waals surface area (Å²) >= 11 is 0. The summed E-state index contributed by atoms with van der Waals surface area (Å²) in [5.74, 6) is 2.60. The summed E-state index contributed by atoms with van der Waals surface area (Å²) in [6, 6.07) is 2.05. The molecule has 1 N–H and O–H groups in total. The van der Waals surface area contributed by atoms with E-state index in [-0.39, 0.29) is 6.04 Å². The fourth-order valence-corrected chi connectivity index (χ4v) is 0.887. The van der Waals surface area contributed by atoms with Crippen molar-refractivity contribution in [3.8, 4) is 12.3 Å². The van der Waals surface area contributed by atoms with Gasteiger partial charge in [0, 0.05) is 18.9 Å². The molecule has 0 saturated heterocycles. The first-order chi connectivity index (χ1) is 5.83. The molecule has 1 aromatic heterocycles. The number of rotatable bonds is 4. The van der Waals surface area contributed by atoms with E-state index in [0.717, 1.165) is 13.1 Å². The maximum Gasteiger partial charge on any atom is 0.0658 e. The van der Waals surface area contributed by atoms with E-state index >= 15 is 0 Å². The first kappa shape index (κ1) is 8.82. The average molecular weight is 163 g/mol. The third kappa shape index (κ3) is 2.77. The van der Waals surface area contributed by atoms with E-state index in [1.807, 2.05) is 23.9 Å². The maximum atomic E-state index is 5.20. The second kappa shape index (κ2) is 4.58. The van der Waals surface area contributed by atoms with E-state index < -0.39 is 0 Å². The lowest BCUT2D eigenvalue weighted by Crippen LogP contribution is -2.28. The molecule has 0 amide bonds. The van der Waals surface area contributed by atoms with Crippen molar-refractivity contribution in [1.82, 2.24) is 15.1 Å². The zero-order valence-corrected chi connectivity index (χ0v) is 7.20. The zero-order valence-electron chi connectivity index (χ0n) is 7.20. The molecule has 0 bridgehead atoms. The summed E-state index contributed by atoms with van der Waals surface area (Å²) < 4.78 is 1.87. The molecule has 0 radical (unpaired) electrons. The summed E-state index contributed by atoms with van der Waals surface area (Å²) in [7, 11) is 0. The van der Waals surface area contributed by atoms with Gasteiger partial charge in [-0.25, -0.2) is 0 Å². The van der Waals surface area contributed by atoms with Crippen LogP contribution >= 0.6 is 0 Å². The molecule has 0 aliphatic carbocycles. The lowest BCUT2D eigenvalue weighted by atomic mass is 10.3. The van der Waals surface area contributed by atoms with Gasteiger partial charge in [0.05, 0.1) is 12.6 Å². The van der Waals surface area contributed by atoms with Gasteiger partial charge in [-0.05, 0) is 13.0 Å². The zero-order chi connectivity index (χ0) is 8.81. The number of terminal acetylenes is 1. The van der Waals surface area contributed by atoms with Crippen molar-refractivity contribution in [1.29, 1.82) is 0 Å². The molecule has 0 aliphatic heterocycles. The summed E-state index contributed by atoms with van der Waals surface area (Å²) in [5.41, 5.74) is 0. The Morgan fingerprint density at radius 1 is 1.75 bits per heavy atom. The molecule has 0 fully saturated rings. The van der Waals surface area contributed by atoms with E-state index in [1.165, 1.54) is 0 Å². The SMILES string of the molecule is C#CC(C)NCCn1cccn1.